The highest BCUT2D eigenvalue weighted by Crippen LogP contribution is 2.62. The monoisotopic (exact) mass is 781 g/mol. The van der Waals surface area contributed by atoms with Crippen molar-refractivity contribution in [3.63, 3.8) is 0 Å². The molecule has 296 valence electrons. The first kappa shape index (κ1) is 39.6. The van der Waals surface area contributed by atoms with Gasteiger partial charge in [-0.05, 0) is 79.0 Å². The lowest BCUT2D eigenvalue weighted by Gasteiger charge is -2.59. The predicted molar refractivity (Wildman–Crippen MR) is 215 cm³/mol. The van der Waals surface area contributed by atoms with Crippen molar-refractivity contribution < 1.29 is 38.0 Å². The van der Waals surface area contributed by atoms with Crippen LogP contribution in [0.5, 0.6) is 11.5 Å². The number of aliphatic hydroxyl groups excluding tert-OH is 2. The number of fused-ring (bicyclic) bond motifs is 3. The van der Waals surface area contributed by atoms with Crippen molar-refractivity contribution in [2.45, 2.75) is 74.2 Å². The van der Waals surface area contributed by atoms with E-state index >= 15 is 8.42 Å². The van der Waals surface area contributed by atoms with Gasteiger partial charge in [-0.25, -0.2) is 8.42 Å². The molecule has 3 aliphatic rings. The number of ether oxygens (including phenoxy) is 2. The van der Waals surface area contributed by atoms with E-state index in [-0.39, 0.29) is 61.2 Å². The van der Waals surface area contributed by atoms with Gasteiger partial charge in [0.1, 0.15) is 23.0 Å². The molecule has 0 unspecified atom stereocenters. The number of hydrogen-bond donors (Lipinski definition) is 3. The number of aromatic hydroxyl groups is 1. The van der Waals surface area contributed by atoms with Crippen LogP contribution in [0.4, 0.5) is 0 Å². The van der Waals surface area contributed by atoms with Crippen LogP contribution in [0.3, 0.4) is 0 Å². The molecule has 6 atom stereocenters. The highest BCUT2D eigenvalue weighted by molar-refractivity contribution is 7.89. The van der Waals surface area contributed by atoms with Crippen molar-refractivity contribution in [1.29, 1.82) is 0 Å². The second-order valence-electron chi connectivity index (χ2n) is 14.9. The molecule has 0 saturated heterocycles. The third-order valence-electron chi connectivity index (χ3n) is 11.6. The van der Waals surface area contributed by atoms with Crippen LogP contribution in [0.1, 0.15) is 62.0 Å². The van der Waals surface area contributed by atoms with E-state index in [1.165, 1.54) is 4.31 Å². The van der Waals surface area contributed by atoms with Gasteiger partial charge in [0.25, 0.3) is 0 Å². The molecule has 0 spiro atoms. The number of hydrogen-bond acceptors (Lipinski definition) is 10. The van der Waals surface area contributed by atoms with E-state index in [2.05, 4.69) is 17.6 Å². The number of aromatic nitrogens is 1. The molecule has 7 rings (SSSR count). The smallest absolute Gasteiger partial charge is 0.245 e. The van der Waals surface area contributed by atoms with Gasteiger partial charge in [0.05, 0.1) is 29.8 Å². The summed E-state index contributed by atoms with van der Waals surface area (Å²) in [6.45, 7) is 4.38. The number of pyridine rings is 1. The van der Waals surface area contributed by atoms with Crippen LogP contribution >= 0.6 is 0 Å². The molecule has 1 aliphatic heterocycles. The lowest BCUT2D eigenvalue weighted by Crippen LogP contribution is -2.69. The van der Waals surface area contributed by atoms with Gasteiger partial charge in [-0.2, -0.15) is 4.31 Å². The number of allylic oxidation sites excluding steroid dienone is 1. The molecule has 0 amide bonds. The van der Waals surface area contributed by atoms with Crippen LogP contribution in [-0.4, -0.2) is 77.4 Å². The predicted octanol–water partition coefficient (Wildman–Crippen LogP) is 7.09. The van der Waals surface area contributed by atoms with Crippen molar-refractivity contribution in [1.82, 2.24) is 9.29 Å². The Morgan fingerprint density at radius 2 is 1.77 bits per heavy atom. The maximum atomic E-state index is 15.0. The van der Waals surface area contributed by atoms with Gasteiger partial charge in [0.2, 0.25) is 15.8 Å². The van der Waals surface area contributed by atoms with Crippen LogP contribution in [0.15, 0.2) is 119 Å². The molecule has 3 aromatic carbocycles. The lowest BCUT2D eigenvalue weighted by molar-refractivity contribution is -0.250. The molecule has 3 N–H and O–H groups in total. The molecule has 1 aromatic heterocycles. The Labute approximate surface area is 329 Å². The molecule has 2 aliphatic carbocycles. The molecule has 0 bridgehead atoms. The molecule has 4 aromatic rings. The van der Waals surface area contributed by atoms with E-state index < -0.39 is 27.8 Å². The van der Waals surface area contributed by atoms with Gasteiger partial charge < -0.3 is 29.6 Å². The molecule has 1 saturated carbocycles. The molecule has 2 heterocycles. The minimum atomic E-state index is -4.25. The Hall–Kier alpha value is -4.59. The number of rotatable bonds is 17. The Kier molecular flexibility index (Phi) is 12.2. The van der Waals surface area contributed by atoms with Gasteiger partial charge in [0.15, 0.2) is 0 Å². The Bertz CT molecular complexity index is 2170. The summed E-state index contributed by atoms with van der Waals surface area (Å²) < 4.78 is 45.3. The highest BCUT2D eigenvalue weighted by Gasteiger charge is 2.65. The number of para-hydroxylation sites is 1. The molecular weight excluding hydrogens is 731 g/mol. The van der Waals surface area contributed by atoms with E-state index in [0.717, 1.165) is 42.4 Å². The Morgan fingerprint density at radius 3 is 2.54 bits per heavy atom. The van der Waals surface area contributed by atoms with Crippen molar-refractivity contribution in [2.75, 3.05) is 26.9 Å². The number of nitrogens with zero attached hydrogens (tertiary/aromatic N) is 3. The average molecular weight is 782 g/mol. The molecule has 11 nitrogen and oxygen atoms in total. The first-order valence-corrected chi connectivity index (χ1v) is 20.9. The van der Waals surface area contributed by atoms with Crippen molar-refractivity contribution in [3.8, 4) is 11.5 Å². The fourth-order valence-corrected chi connectivity index (χ4v) is 10.6. The first-order chi connectivity index (χ1) is 27.2. The SMILES string of the molecule is C=CCO[C@@]12Oc3ccc(O)cc3[C@H]3[C@H](CCCCO)[C@@H](CCCCO)C=C(C(=NOCc4ccccc4)C[C@@H]1N(C)S(=O)(=O)c1cccc4cccnc14)[C@H]32. The zero-order chi connectivity index (χ0) is 39.3. The minimum absolute atomic E-state index is 0.0143. The molecule has 12 heteroatoms. The summed E-state index contributed by atoms with van der Waals surface area (Å²) in [5, 5.41) is 36.0. The number of oxime groups is 1. The minimum Gasteiger partial charge on any atom is -0.508 e. The van der Waals surface area contributed by atoms with Gasteiger partial charge in [-0.15, -0.1) is 6.58 Å². The fourth-order valence-electron chi connectivity index (χ4n) is 9.08. The van der Waals surface area contributed by atoms with Crippen LogP contribution in [0.2, 0.25) is 0 Å². The summed E-state index contributed by atoms with van der Waals surface area (Å²) in [4.78, 5) is 10.6. The zero-order valence-electron chi connectivity index (χ0n) is 31.7. The standard InChI is InChI=1S/C44H51N3O8S/c1-3-25-53-44-40(47(2)56(51,52)39-19-11-16-31-17-12-22-45-43(31)39)28-37(46-54-29-30-13-5-4-6-14-30)35-26-32(15-7-9-23-48)34(18-8-10-24-49)41(42(35)44)36-27-33(50)20-21-38(36)55-44/h3-6,11-14,16-17,19-22,26-27,32,34,40-42,48-50H,1,7-10,15,18,23-25,28-29H2,2H3/t32-,34+,40-,41+,42+,44+/m0/s1. The Balaban J connectivity index is 1.44. The van der Waals surface area contributed by atoms with Crippen LogP contribution < -0.4 is 4.74 Å². The Morgan fingerprint density at radius 1 is 1.00 bits per heavy atom. The number of aliphatic hydroxyl groups is 2. The topological polar surface area (TPSA) is 151 Å². The number of phenolic OH excluding ortho intramolecular Hbond substituents is 1. The first-order valence-electron chi connectivity index (χ1n) is 19.5. The van der Waals surface area contributed by atoms with Gasteiger partial charge >= 0.3 is 0 Å². The fraction of sp³-hybridized carbons (Fsp3) is 0.409. The highest BCUT2D eigenvalue weighted by atomic mass is 32.2. The van der Waals surface area contributed by atoms with Crippen LogP contribution in [-0.2, 0) is 26.2 Å². The molecule has 0 radical (unpaired) electrons. The quantitative estimate of drug-likeness (QED) is 0.0580. The average Bonchev–Trinajstić information content (AvgIpc) is 3.21. The van der Waals surface area contributed by atoms with E-state index in [1.807, 2.05) is 42.5 Å². The van der Waals surface area contributed by atoms with E-state index in [9.17, 15) is 15.3 Å². The lowest BCUT2D eigenvalue weighted by atomic mass is 9.55. The van der Waals surface area contributed by atoms with Crippen molar-refractivity contribution in [2.24, 2.45) is 22.9 Å². The summed E-state index contributed by atoms with van der Waals surface area (Å²) in [6, 6.07) is 22.5. The van der Waals surface area contributed by atoms with Crippen LogP contribution in [0, 0.1) is 17.8 Å². The number of sulfonamides is 1. The molecule has 1 fully saturated rings. The number of phenols is 1. The zero-order valence-corrected chi connectivity index (χ0v) is 32.6. The molecule has 56 heavy (non-hydrogen) atoms. The summed E-state index contributed by atoms with van der Waals surface area (Å²) in [6.07, 6.45) is 9.92. The summed E-state index contributed by atoms with van der Waals surface area (Å²) in [5.41, 5.74) is 3.53. The second-order valence-corrected chi connectivity index (χ2v) is 16.9. The summed E-state index contributed by atoms with van der Waals surface area (Å²) >= 11 is 0. The van der Waals surface area contributed by atoms with Gasteiger partial charge in [-0.3, -0.25) is 4.98 Å². The normalized spacial score (nSPS) is 25.0. The maximum Gasteiger partial charge on any atom is 0.245 e. The molecular formula is C44H51N3O8S. The number of likely N-dealkylation sites (N-methyl/N-ethyl adjacent to an activating group) is 1. The maximum absolute atomic E-state index is 15.0. The van der Waals surface area contributed by atoms with E-state index in [1.54, 1.807) is 55.7 Å². The third kappa shape index (κ3) is 7.60. The van der Waals surface area contributed by atoms with Gasteiger partial charge in [0, 0.05) is 49.7 Å². The van der Waals surface area contributed by atoms with Crippen molar-refractivity contribution in [3.05, 3.63) is 120 Å². The second kappa shape index (κ2) is 17.3. The number of benzene rings is 3. The summed E-state index contributed by atoms with van der Waals surface area (Å²) in [7, 11) is -2.69. The van der Waals surface area contributed by atoms with Crippen LogP contribution in [0.25, 0.3) is 10.9 Å². The third-order valence-corrected chi connectivity index (χ3v) is 13.5. The van der Waals surface area contributed by atoms with Gasteiger partial charge in [-0.1, -0.05) is 78.7 Å². The largest absolute Gasteiger partial charge is 0.508 e. The summed E-state index contributed by atoms with van der Waals surface area (Å²) in [5.74, 6) is -1.88. The van der Waals surface area contributed by atoms with E-state index in [4.69, 9.17) is 19.5 Å². The number of unbranched alkanes of at least 4 members (excludes halogenated alkanes) is 2. The van der Waals surface area contributed by atoms with Crippen molar-refractivity contribution >= 4 is 26.6 Å². The van der Waals surface area contributed by atoms with E-state index in [0.29, 0.717) is 35.2 Å².